The van der Waals surface area contributed by atoms with E-state index in [1.165, 1.54) is 0 Å². The lowest BCUT2D eigenvalue weighted by molar-refractivity contribution is -0.139. The molecule has 2 heterocycles. The van der Waals surface area contributed by atoms with Crippen LogP contribution in [0.4, 0.5) is 0 Å². The molecule has 4 heteroatoms. The first kappa shape index (κ1) is 11.9. The van der Waals surface area contributed by atoms with Gasteiger partial charge in [0.25, 0.3) is 0 Å². The summed E-state index contributed by atoms with van der Waals surface area (Å²) in [5.74, 6) is 0.212. The predicted octanol–water partition coefficient (Wildman–Crippen LogP) is 0.502. The van der Waals surface area contributed by atoms with Gasteiger partial charge in [-0.2, -0.15) is 0 Å². The SMILES string of the molecule is CCC1(C(=O)N2CCC[C@@H]2CO)CCCN1. The van der Waals surface area contributed by atoms with Gasteiger partial charge in [-0.3, -0.25) is 4.79 Å². The van der Waals surface area contributed by atoms with Crippen LogP contribution in [-0.4, -0.2) is 47.2 Å². The van der Waals surface area contributed by atoms with E-state index < -0.39 is 0 Å². The summed E-state index contributed by atoms with van der Waals surface area (Å²) in [6.07, 6.45) is 4.84. The lowest BCUT2D eigenvalue weighted by atomic mass is 9.92. The molecule has 0 spiro atoms. The summed E-state index contributed by atoms with van der Waals surface area (Å²) >= 11 is 0. The number of aliphatic hydroxyl groups excluding tert-OH is 1. The fourth-order valence-corrected chi connectivity index (χ4v) is 3.01. The first-order valence-electron chi connectivity index (χ1n) is 6.40. The van der Waals surface area contributed by atoms with Gasteiger partial charge in [-0.1, -0.05) is 6.92 Å². The number of carbonyl (C=O) groups is 1. The van der Waals surface area contributed by atoms with Gasteiger partial charge in [-0.25, -0.2) is 0 Å². The van der Waals surface area contributed by atoms with Crippen molar-refractivity contribution in [1.82, 2.24) is 10.2 Å². The number of nitrogens with zero attached hydrogens (tertiary/aromatic N) is 1. The molecule has 0 saturated carbocycles. The van der Waals surface area contributed by atoms with Crippen LogP contribution in [-0.2, 0) is 4.79 Å². The Morgan fingerprint density at radius 1 is 1.56 bits per heavy atom. The monoisotopic (exact) mass is 226 g/mol. The van der Waals surface area contributed by atoms with Crippen molar-refractivity contribution in [3.63, 3.8) is 0 Å². The van der Waals surface area contributed by atoms with Crippen LogP contribution in [0.3, 0.4) is 0 Å². The van der Waals surface area contributed by atoms with Gasteiger partial charge in [-0.05, 0) is 38.6 Å². The maximum Gasteiger partial charge on any atom is 0.243 e. The summed E-state index contributed by atoms with van der Waals surface area (Å²) in [4.78, 5) is 14.4. The molecule has 0 bridgehead atoms. The van der Waals surface area contributed by atoms with Gasteiger partial charge < -0.3 is 15.3 Å². The summed E-state index contributed by atoms with van der Waals surface area (Å²) in [6.45, 7) is 3.93. The van der Waals surface area contributed by atoms with E-state index in [4.69, 9.17) is 0 Å². The largest absolute Gasteiger partial charge is 0.394 e. The van der Waals surface area contributed by atoms with Crippen molar-refractivity contribution in [3.8, 4) is 0 Å². The van der Waals surface area contributed by atoms with Crippen LogP contribution in [0.5, 0.6) is 0 Å². The van der Waals surface area contributed by atoms with Gasteiger partial charge in [0, 0.05) is 6.54 Å². The second kappa shape index (κ2) is 4.72. The Bertz CT molecular complexity index is 262. The zero-order valence-electron chi connectivity index (χ0n) is 10.0. The Kier molecular flexibility index (Phi) is 3.50. The van der Waals surface area contributed by atoms with E-state index in [-0.39, 0.29) is 24.1 Å². The zero-order chi connectivity index (χ0) is 11.6. The highest BCUT2D eigenvalue weighted by molar-refractivity contribution is 5.87. The molecule has 2 rings (SSSR count). The van der Waals surface area contributed by atoms with Crippen LogP contribution < -0.4 is 5.32 Å². The van der Waals surface area contributed by atoms with Crippen LogP contribution in [0.1, 0.15) is 39.0 Å². The molecule has 4 nitrogen and oxygen atoms in total. The molecule has 2 saturated heterocycles. The van der Waals surface area contributed by atoms with Crippen molar-refractivity contribution in [1.29, 1.82) is 0 Å². The molecule has 0 aromatic heterocycles. The zero-order valence-corrected chi connectivity index (χ0v) is 10.0. The van der Waals surface area contributed by atoms with E-state index in [9.17, 15) is 9.90 Å². The second-order valence-corrected chi connectivity index (χ2v) is 4.94. The Morgan fingerprint density at radius 2 is 2.38 bits per heavy atom. The minimum Gasteiger partial charge on any atom is -0.394 e. The van der Waals surface area contributed by atoms with Crippen LogP contribution >= 0.6 is 0 Å². The summed E-state index contributed by atoms with van der Waals surface area (Å²) in [5, 5.41) is 12.6. The van der Waals surface area contributed by atoms with E-state index in [1.807, 2.05) is 4.90 Å². The van der Waals surface area contributed by atoms with Gasteiger partial charge in [0.05, 0.1) is 18.2 Å². The molecule has 2 aliphatic rings. The number of aliphatic hydroxyl groups is 1. The highest BCUT2D eigenvalue weighted by Crippen LogP contribution is 2.29. The van der Waals surface area contributed by atoms with E-state index in [0.29, 0.717) is 0 Å². The first-order valence-corrected chi connectivity index (χ1v) is 6.40. The number of hydrogen-bond donors (Lipinski definition) is 2. The highest BCUT2D eigenvalue weighted by Gasteiger charge is 2.44. The maximum atomic E-state index is 12.5. The molecule has 0 aliphatic carbocycles. The minimum atomic E-state index is -0.336. The van der Waals surface area contributed by atoms with Crippen molar-refractivity contribution in [3.05, 3.63) is 0 Å². The summed E-state index contributed by atoms with van der Waals surface area (Å²) in [7, 11) is 0. The third kappa shape index (κ3) is 1.84. The maximum absolute atomic E-state index is 12.5. The first-order chi connectivity index (χ1) is 7.73. The summed E-state index contributed by atoms with van der Waals surface area (Å²) in [5.41, 5.74) is -0.336. The van der Waals surface area contributed by atoms with Gasteiger partial charge in [-0.15, -0.1) is 0 Å². The molecule has 1 amide bonds. The number of hydrogen-bond acceptors (Lipinski definition) is 3. The average Bonchev–Trinajstić information content (AvgIpc) is 2.97. The van der Waals surface area contributed by atoms with Crippen LogP contribution in [0, 0.1) is 0 Å². The van der Waals surface area contributed by atoms with E-state index >= 15 is 0 Å². The standard InChI is InChI=1S/C12H22N2O2/c1-2-12(6-4-7-13-12)11(16)14-8-3-5-10(14)9-15/h10,13,15H,2-9H2,1H3/t10-,12?/m1/s1. The third-order valence-corrected chi connectivity index (χ3v) is 4.11. The topological polar surface area (TPSA) is 52.6 Å². The number of rotatable bonds is 3. The molecule has 0 aromatic rings. The molecule has 1 unspecified atom stereocenters. The Labute approximate surface area is 97.0 Å². The number of carbonyl (C=O) groups excluding carboxylic acids is 1. The molecule has 2 atom stereocenters. The van der Waals surface area contributed by atoms with E-state index in [0.717, 1.165) is 45.2 Å². The third-order valence-electron chi connectivity index (χ3n) is 4.11. The molecule has 2 fully saturated rings. The molecular weight excluding hydrogens is 204 g/mol. The Balaban J connectivity index is 2.10. The lowest BCUT2D eigenvalue weighted by Crippen LogP contribution is -2.56. The normalized spacial score (nSPS) is 34.6. The van der Waals surface area contributed by atoms with Crippen molar-refractivity contribution in [2.75, 3.05) is 19.7 Å². The van der Waals surface area contributed by atoms with Gasteiger partial charge in [0.2, 0.25) is 5.91 Å². The van der Waals surface area contributed by atoms with Crippen molar-refractivity contribution < 1.29 is 9.90 Å². The van der Waals surface area contributed by atoms with Gasteiger partial charge in [0.1, 0.15) is 0 Å². The molecular formula is C12H22N2O2. The molecule has 0 aromatic carbocycles. The quantitative estimate of drug-likeness (QED) is 0.737. The van der Waals surface area contributed by atoms with Crippen LogP contribution in [0.25, 0.3) is 0 Å². The van der Waals surface area contributed by atoms with Gasteiger partial charge in [0.15, 0.2) is 0 Å². The van der Waals surface area contributed by atoms with Crippen molar-refractivity contribution in [2.45, 2.75) is 50.6 Å². The fourth-order valence-electron chi connectivity index (χ4n) is 3.01. The molecule has 2 aliphatic heterocycles. The molecule has 16 heavy (non-hydrogen) atoms. The van der Waals surface area contributed by atoms with Crippen LogP contribution in [0.2, 0.25) is 0 Å². The molecule has 92 valence electrons. The van der Waals surface area contributed by atoms with E-state index in [2.05, 4.69) is 12.2 Å². The number of nitrogens with one attached hydrogen (secondary N) is 1. The lowest BCUT2D eigenvalue weighted by Gasteiger charge is -2.34. The van der Waals surface area contributed by atoms with Crippen molar-refractivity contribution >= 4 is 5.91 Å². The average molecular weight is 226 g/mol. The summed E-state index contributed by atoms with van der Waals surface area (Å²) < 4.78 is 0. The fraction of sp³-hybridized carbons (Fsp3) is 0.917. The predicted molar refractivity (Wildman–Crippen MR) is 62.1 cm³/mol. The van der Waals surface area contributed by atoms with E-state index in [1.54, 1.807) is 0 Å². The van der Waals surface area contributed by atoms with Gasteiger partial charge >= 0.3 is 0 Å². The minimum absolute atomic E-state index is 0.0540. The molecule has 0 radical (unpaired) electrons. The number of amides is 1. The highest BCUT2D eigenvalue weighted by atomic mass is 16.3. The summed E-state index contributed by atoms with van der Waals surface area (Å²) in [6, 6.07) is 0.0540. The number of likely N-dealkylation sites (tertiary alicyclic amines) is 1. The molecule has 2 N–H and O–H groups in total. The second-order valence-electron chi connectivity index (χ2n) is 4.94. The Hall–Kier alpha value is -0.610. The van der Waals surface area contributed by atoms with Crippen molar-refractivity contribution in [2.24, 2.45) is 0 Å². The van der Waals surface area contributed by atoms with Crippen LogP contribution in [0.15, 0.2) is 0 Å². The smallest absolute Gasteiger partial charge is 0.243 e. The Morgan fingerprint density at radius 3 is 2.94 bits per heavy atom.